The van der Waals surface area contributed by atoms with E-state index in [2.05, 4.69) is 0 Å². The lowest BCUT2D eigenvalue weighted by atomic mass is 9.89. The quantitative estimate of drug-likeness (QED) is 0.619. The zero-order valence-corrected chi connectivity index (χ0v) is 9.49. The maximum atomic E-state index is 12.5. The van der Waals surface area contributed by atoms with Crippen LogP contribution in [0.4, 0.5) is 13.2 Å². The summed E-state index contributed by atoms with van der Waals surface area (Å²) in [5, 5.41) is 0. The van der Waals surface area contributed by atoms with Gasteiger partial charge in [-0.15, -0.1) is 0 Å². The number of hydrogen-bond acceptors (Lipinski definition) is 0. The summed E-state index contributed by atoms with van der Waals surface area (Å²) in [5.74, 6) is -0.931. The van der Waals surface area contributed by atoms with Gasteiger partial charge in [-0.05, 0) is 18.3 Å². The second kappa shape index (κ2) is 5.62. The van der Waals surface area contributed by atoms with E-state index in [1.165, 1.54) is 0 Å². The Labute approximate surface area is 84.9 Å². The van der Waals surface area contributed by atoms with Gasteiger partial charge in [0.25, 0.3) is 0 Å². The van der Waals surface area contributed by atoms with Gasteiger partial charge in [0.05, 0.1) is 5.92 Å². The molecule has 3 heteroatoms. The van der Waals surface area contributed by atoms with Crippen molar-refractivity contribution in [1.29, 1.82) is 0 Å². The Kier molecular flexibility index (Phi) is 5.53. The van der Waals surface area contributed by atoms with Gasteiger partial charge in [0, 0.05) is 0 Å². The third-order valence-corrected chi connectivity index (χ3v) is 2.52. The Morgan fingerprint density at radius 3 is 1.71 bits per heavy atom. The molecule has 0 saturated heterocycles. The highest BCUT2D eigenvalue weighted by Crippen LogP contribution is 2.35. The average Bonchev–Trinajstić information content (AvgIpc) is 1.94. The van der Waals surface area contributed by atoms with Crippen LogP contribution in [0.3, 0.4) is 0 Å². The molecular formula is C11H21F3. The monoisotopic (exact) mass is 210 g/mol. The second-order valence-corrected chi connectivity index (χ2v) is 4.72. The first-order chi connectivity index (χ1) is 6.25. The van der Waals surface area contributed by atoms with E-state index in [4.69, 9.17) is 0 Å². The largest absolute Gasteiger partial charge is 0.392 e. The summed E-state index contributed by atoms with van der Waals surface area (Å²) in [7, 11) is 0. The van der Waals surface area contributed by atoms with Crippen LogP contribution in [0.1, 0.15) is 47.0 Å². The molecule has 0 amide bonds. The van der Waals surface area contributed by atoms with Gasteiger partial charge in [0.1, 0.15) is 0 Å². The van der Waals surface area contributed by atoms with Crippen LogP contribution < -0.4 is 0 Å². The maximum Gasteiger partial charge on any atom is 0.392 e. The first kappa shape index (κ1) is 13.8. The van der Waals surface area contributed by atoms with Crippen molar-refractivity contribution in [1.82, 2.24) is 0 Å². The van der Waals surface area contributed by atoms with Gasteiger partial charge in [0.15, 0.2) is 0 Å². The van der Waals surface area contributed by atoms with Gasteiger partial charge in [0.2, 0.25) is 0 Å². The predicted octanol–water partition coefficient (Wildman–Crippen LogP) is 4.65. The molecule has 0 saturated carbocycles. The molecule has 0 nitrogen and oxygen atoms in total. The summed E-state index contributed by atoms with van der Waals surface area (Å²) in [4.78, 5) is 0. The first-order valence-corrected chi connectivity index (χ1v) is 5.31. The van der Waals surface area contributed by atoms with Crippen LogP contribution in [0.5, 0.6) is 0 Å². The van der Waals surface area contributed by atoms with Crippen LogP contribution in [0.25, 0.3) is 0 Å². The summed E-state index contributed by atoms with van der Waals surface area (Å²) in [6.45, 7) is 7.37. The van der Waals surface area contributed by atoms with Gasteiger partial charge in [-0.25, -0.2) is 0 Å². The van der Waals surface area contributed by atoms with Crippen LogP contribution in [-0.4, -0.2) is 6.18 Å². The third-order valence-electron chi connectivity index (χ3n) is 2.52. The fourth-order valence-electron chi connectivity index (χ4n) is 1.62. The number of halogens is 3. The van der Waals surface area contributed by atoms with Crippen LogP contribution in [0.2, 0.25) is 0 Å². The fraction of sp³-hybridized carbons (Fsp3) is 1.00. The molecule has 86 valence electrons. The van der Waals surface area contributed by atoms with Crippen molar-refractivity contribution in [2.24, 2.45) is 17.8 Å². The molecule has 0 radical (unpaired) electrons. The molecule has 1 atom stereocenters. The molecule has 0 bridgehead atoms. The van der Waals surface area contributed by atoms with E-state index in [-0.39, 0.29) is 12.3 Å². The Morgan fingerprint density at radius 1 is 0.929 bits per heavy atom. The van der Waals surface area contributed by atoms with E-state index in [0.717, 1.165) is 6.42 Å². The summed E-state index contributed by atoms with van der Waals surface area (Å²) >= 11 is 0. The molecule has 0 rings (SSSR count). The molecule has 1 unspecified atom stereocenters. The molecule has 0 spiro atoms. The van der Waals surface area contributed by atoms with E-state index < -0.39 is 12.1 Å². The second-order valence-electron chi connectivity index (χ2n) is 4.72. The molecule has 0 N–H and O–H groups in total. The highest BCUT2D eigenvalue weighted by molar-refractivity contribution is 4.71. The van der Waals surface area contributed by atoms with Crippen molar-refractivity contribution < 1.29 is 13.2 Å². The van der Waals surface area contributed by atoms with E-state index in [1.54, 1.807) is 13.8 Å². The van der Waals surface area contributed by atoms with Crippen molar-refractivity contribution in [3.05, 3.63) is 0 Å². The van der Waals surface area contributed by atoms with Crippen LogP contribution >= 0.6 is 0 Å². The molecule has 0 aliphatic carbocycles. The van der Waals surface area contributed by atoms with E-state index in [0.29, 0.717) is 12.3 Å². The standard InChI is InChI=1S/C11H21F3/c1-8(2)6-5-7-10(9(3)4)11(12,13)14/h8-10H,5-7H2,1-4H3. The minimum absolute atomic E-state index is 0.277. The molecule has 0 heterocycles. The van der Waals surface area contributed by atoms with Crippen molar-refractivity contribution in [3.8, 4) is 0 Å². The lowest BCUT2D eigenvalue weighted by Gasteiger charge is -2.23. The minimum atomic E-state index is -4.02. The SMILES string of the molecule is CC(C)CCCC(C(C)C)C(F)(F)F. The summed E-state index contributed by atoms with van der Waals surface area (Å²) in [5.41, 5.74) is 0. The highest BCUT2D eigenvalue weighted by atomic mass is 19.4. The van der Waals surface area contributed by atoms with Gasteiger partial charge >= 0.3 is 6.18 Å². The lowest BCUT2D eigenvalue weighted by molar-refractivity contribution is -0.188. The zero-order valence-electron chi connectivity index (χ0n) is 9.49. The topological polar surface area (TPSA) is 0 Å². The smallest absolute Gasteiger partial charge is 0.171 e. The molecule has 0 aliphatic heterocycles. The number of hydrogen-bond donors (Lipinski definition) is 0. The molecule has 0 fully saturated rings. The fourth-order valence-corrected chi connectivity index (χ4v) is 1.62. The van der Waals surface area contributed by atoms with Crippen molar-refractivity contribution in [2.45, 2.75) is 53.1 Å². The lowest BCUT2D eigenvalue weighted by Crippen LogP contribution is -2.27. The zero-order chi connectivity index (χ0) is 11.4. The first-order valence-electron chi connectivity index (χ1n) is 5.31. The van der Waals surface area contributed by atoms with Crippen LogP contribution in [-0.2, 0) is 0 Å². The Morgan fingerprint density at radius 2 is 1.43 bits per heavy atom. The number of rotatable bonds is 5. The molecular weight excluding hydrogens is 189 g/mol. The van der Waals surface area contributed by atoms with E-state index >= 15 is 0 Å². The van der Waals surface area contributed by atoms with Gasteiger partial charge in [-0.3, -0.25) is 0 Å². The molecule has 0 aromatic carbocycles. The molecule has 14 heavy (non-hydrogen) atoms. The maximum absolute atomic E-state index is 12.5. The van der Waals surface area contributed by atoms with E-state index in [9.17, 15) is 13.2 Å². The number of alkyl halides is 3. The Bertz CT molecular complexity index is 147. The van der Waals surface area contributed by atoms with Crippen molar-refractivity contribution in [3.63, 3.8) is 0 Å². The normalized spacial score (nSPS) is 15.2. The molecule has 0 aromatic rings. The predicted molar refractivity (Wildman–Crippen MR) is 53.1 cm³/mol. The minimum Gasteiger partial charge on any atom is -0.171 e. The van der Waals surface area contributed by atoms with Gasteiger partial charge in [-0.1, -0.05) is 40.5 Å². The third kappa shape index (κ3) is 5.51. The Hall–Kier alpha value is -0.210. The summed E-state index contributed by atoms with van der Waals surface area (Å²) < 4.78 is 37.5. The average molecular weight is 210 g/mol. The van der Waals surface area contributed by atoms with Crippen molar-refractivity contribution in [2.75, 3.05) is 0 Å². The van der Waals surface area contributed by atoms with Gasteiger partial charge in [-0.2, -0.15) is 13.2 Å². The summed E-state index contributed by atoms with van der Waals surface area (Å²) in [6, 6.07) is 0. The van der Waals surface area contributed by atoms with Crippen LogP contribution in [0.15, 0.2) is 0 Å². The highest BCUT2D eigenvalue weighted by Gasteiger charge is 2.40. The molecule has 0 aromatic heterocycles. The van der Waals surface area contributed by atoms with Crippen LogP contribution in [0, 0.1) is 17.8 Å². The van der Waals surface area contributed by atoms with E-state index in [1.807, 2.05) is 13.8 Å². The van der Waals surface area contributed by atoms with Crippen molar-refractivity contribution >= 4 is 0 Å². The Balaban J connectivity index is 4.00. The molecule has 0 aliphatic rings. The van der Waals surface area contributed by atoms with Gasteiger partial charge < -0.3 is 0 Å². The summed E-state index contributed by atoms with van der Waals surface area (Å²) in [6.07, 6.45) is -2.18.